The number of hydrogen-bond donors (Lipinski definition) is 1. The molecule has 0 bridgehead atoms. The van der Waals surface area contributed by atoms with Crippen molar-refractivity contribution in [3.8, 4) is 0 Å². The van der Waals surface area contributed by atoms with Gasteiger partial charge < -0.3 is 10.1 Å². The van der Waals surface area contributed by atoms with Crippen LogP contribution in [0.3, 0.4) is 0 Å². The summed E-state index contributed by atoms with van der Waals surface area (Å²) in [6, 6.07) is 0.768. The Labute approximate surface area is 93.2 Å². The van der Waals surface area contributed by atoms with E-state index in [1.54, 1.807) is 0 Å². The molecule has 88 valence electrons. The first-order valence-corrected chi connectivity index (χ1v) is 6.25. The van der Waals surface area contributed by atoms with Crippen LogP contribution in [0.15, 0.2) is 0 Å². The smallest absolute Gasteiger partial charge is 0.0502 e. The Kier molecular flexibility index (Phi) is 4.00. The maximum atomic E-state index is 5.28. The van der Waals surface area contributed by atoms with E-state index < -0.39 is 0 Å². The van der Waals surface area contributed by atoms with Gasteiger partial charge in [-0.25, -0.2) is 0 Å². The molecule has 1 N–H and O–H groups in total. The van der Waals surface area contributed by atoms with Crippen LogP contribution < -0.4 is 5.32 Å². The molecule has 2 heterocycles. The molecule has 2 rings (SSSR count). The maximum absolute atomic E-state index is 5.28. The lowest BCUT2D eigenvalue weighted by atomic mass is 9.95. The van der Waals surface area contributed by atoms with Gasteiger partial charge in [-0.3, -0.25) is 4.90 Å². The second-order valence-corrected chi connectivity index (χ2v) is 5.16. The molecular weight excluding hydrogens is 188 g/mol. The molecule has 0 amide bonds. The molecule has 15 heavy (non-hydrogen) atoms. The van der Waals surface area contributed by atoms with Crippen LogP contribution in [-0.4, -0.2) is 50.8 Å². The van der Waals surface area contributed by atoms with Crippen LogP contribution in [0.25, 0.3) is 0 Å². The summed E-state index contributed by atoms with van der Waals surface area (Å²) >= 11 is 0. The summed E-state index contributed by atoms with van der Waals surface area (Å²) in [5, 5.41) is 3.49. The zero-order chi connectivity index (χ0) is 10.7. The number of likely N-dealkylation sites (tertiary alicyclic amines) is 1. The zero-order valence-electron chi connectivity index (χ0n) is 10.0. The number of methoxy groups -OCH3 is 1. The summed E-state index contributed by atoms with van der Waals surface area (Å²) < 4.78 is 5.28. The lowest BCUT2D eigenvalue weighted by Gasteiger charge is -2.37. The molecule has 0 aromatic rings. The summed E-state index contributed by atoms with van der Waals surface area (Å²) in [5.74, 6) is 1.57. The first-order chi connectivity index (χ1) is 7.31. The zero-order valence-corrected chi connectivity index (χ0v) is 10.0. The van der Waals surface area contributed by atoms with Gasteiger partial charge in [-0.2, -0.15) is 0 Å². The van der Waals surface area contributed by atoms with E-state index in [9.17, 15) is 0 Å². The Morgan fingerprint density at radius 3 is 2.93 bits per heavy atom. The molecule has 0 aromatic carbocycles. The summed E-state index contributed by atoms with van der Waals surface area (Å²) in [6.45, 7) is 8.20. The monoisotopic (exact) mass is 212 g/mol. The Bertz CT molecular complexity index is 196. The highest BCUT2D eigenvalue weighted by molar-refractivity contribution is 4.88. The number of nitrogens with one attached hydrogen (secondary N) is 1. The Morgan fingerprint density at radius 1 is 1.40 bits per heavy atom. The third-order valence-corrected chi connectivity index (χ3v) is 3.90. The van der Waals surface area contributed by atoms with Crippen molar-refractivity contribution in [3.63, 3.8) is 0 Å². The molecule has 0 spiro atoms. The van der Waals surface area contributed by atoms with Crippen molar-refractivity contribution in [3.05, 3.63) is 0 Å². The number of nitrogens with zero attached hydrogens (tertiary/aromatic N) is 1. The van der Waals surface area contributed by atoms with Gasteiger partial charge in [0, 0.05) is 26.2 Å². The third kappa shape index (κ3) is 2.71. The van der Waals surface area contributed by atoms with Crippen LogP contribution >= 0.6 is 0 Å². The van der Waals surface area contributed by atoms with Gasteiger partial charge in [-0.1, -0.05) is 6.92 Å². The van der Waals surface area contributed by atoms with Crippen molar-refractivity contribution in [2.24, 2.45) is 11.8 Å². The second kappa shape index (κ2) is 5.28. The molecule has 3 nitrogen and oxygen atoms in total. The summed E-state index contributed by atoms with van der Waals surface area (Å²) in [4.78, 5) is 2.68. The van der Waals surface area contributed by atoms with E-state index in [1.807, 2.05) is 7.11 Å². The van der Waals surface area contributed by atoms with Crippen molar-refractivity contribution < 1.29 is 4.74 Å². The third-order valence-electron chi connectivity index (χ3n) is 3.90. The predicted octanol–water partition coefficient (Wildman–Crippen LogP) is 0.953. The highest BCUT2D eigenvalue weighted by Crippen LogP contribution is 2.23. The van der Waals surface area contributed by atoms with Gasteiger partial charge in [0.1, 0.15) is 0 Å². The number of hydrogen-bond acceptors (Lipinski definition) is 3. The highest BCUT2D eigenvalue weighted by atomic mass is 16.5. The van der Waals surface area contributed by atoms with Gasteiger partial charge in [0.15, 0.2) is 0 Å². The highest BCUT2D eigenvalue weighted by Gasteiger charge is 2.31. The molecule has 0 aliphatic carbocycles. The van der Waals surface area contributed by atoms with E-state index in [1.165, 1.54) is 39.0 Å². The van der Waals surface area contributed by atoms with E-state index in [4.69, 9.17) is 4.74 Å². The van der Waals surface area contributed by atoms with Gasteiger partial charge in [0.2, 0.25) is 0 Å². The Hall–Kier alpha value is -0.120. The van der Waals surface area contributed by atoms with Gasteiger partial charge in [0.05, 0.1) is 6.61 Å². The van der Waals surface area contributed by atoms with E-state index in [0.717, 1.165) is 24.5 Å². The van der Waals surface area contributed by atoms with E-state index in [2.05, 4.69) is 17.1 Å². The van der Waals surface area contributed by atoms with Gasteiger partial charge in [-0.15, -0.1) is 0 Å². The van der Waals surface area contributed by atoms with Crippen molar-refractivity contribution in [1.29, 1.82) is 0 Å². The van der Waals surface area contributed by atoms with Gasteiger partial charge in [-0.05, 0) is 37.8 Å². The minimum atomic E-state index is 0.761. The average molecular weight is 212 g/mol. The summed E-state index contributed by atoms with van der Waals surface area (Å²) in [6.07, 6.45) is 2.69. The van der Waals surface area contributed by atoms with Crippen molar-refractivity contribution in [2.45, 2.75) is 25.8 Å². The molecule has 0 aromatic heterocycles. The van der Waals surface area contributed by atoms with Crippen LogP contribution in [0, 0.1) is 11.8 Å². The molecule has 0 radical (unpaired) electrons. The van der Waals surface area contributed by atoms with Gasteiger partial charge >= 0.3 is 0 Å². The minimum absolute atomic E-state index is 0.761. The molecule has 3 unspecified atom stereocenters. The summed E-state index contributed by atoms with van der Waals surface area (Å²) in [7, 11) is 1.82. The lowest BCUT2D eigenvalue weighted by Crippen LogP contribution is -2.46. The number of ether oxygens (including phenoxy) is 1. The van der Waals surface area contributed by atoms with Crippen LogP contribution in [0.5, 0.6) is 0 Å². The van der Waals surface area contributed by atoms with Crippen molar-refractivity contribution >= 4 is 0 Å². The maximum Gasteiger partial charge on any atom is 0.0502 e. The normalized spacial score (nSPS) is 38.4. The summed E-state index contributed by atoms with van der Waals surface area (Å²) in [5.41, 5.74) is 0. The fourth-order valence-corrected chi connectivity index (χ4v) is 3.06. The van der Waals surface area contributed by atoms with Crippen LogP contribution in [-0.2, 0) is 4.74 Å². The molecule has 0 saturated carbocycles. The lowest BCUT2D eigenvalue weighted by molar-refractivity contribution is 0.0634. The fraction of sp³-hybridized carbons (Fsp3) is 1.00. The van der Waals surface area contributed by atoms with Crippen molar-refractivity contribution in [1.82, 2.24) is 10.2 Å². The Morgan fingerprint density at radius 2 is 2.27 bits per heavy atom. The molecule has 3 atom stereocenters. The molecule has 2 saturated heterocycles. The predicted molar refractivity (Wildman–Crippen MR) is 62.0 cm³/mol. The molecule has 2 aliphatic heterocycles. The molecule has 3 heteroatoms. The molecule has 2 aliphatic rings. The largest absolute Gasteiger partial charge is 0.384 e. The molecule has 2 fully saturated rings. The standard InChI is InChI=1S/C12H24N2O/c1-10-6-13-7-12(10)14-5-3-4-11(8-14)9-15-2/h10-13H,3-9H2,1-2H3. The van der Waals surface area contributed by atoms with E-state index >= 15 is 0 Å². The van der Waals surface area contributed by atoms with E-state index in [-0.39, 0.29) is 0 Å². The van der Waals surface area contributed by atoms with Crippen molar-refractivity contribution in [2.75, 3.05) is 39.9 Å². The number of rotatable bonds is 3. The minimum Gasteiger partial charge on any atom is -0.384 e. The first kappa shape index (κ1) is 11.4. The number of piperidine rings is 1. The average Bonchev–Trinajstić information content (AvgIpc) is 2.65. The van der Waals surface area contributed by atoms with E-state index in [0.29, 0.717) is 0 Å². The topological polar surface area (TPSA) is 24.5 Å². The second-order valence-electron chi connectivity index (χ2n) is 5.16. The molecular formula is C12H24N2O. The SMILES string of the molecule is COCC1CCCN(C2CNCC2C)C1. The van der Waals surface area contributed by atoms with Crippen LogP contribution in [0.4, 0.5) is 0 Å². The van der Waals surface area contributed by atoms with Crippen LogP contribution in [0.1, 0.15) is 19.8 Å². The first-order valence-electron chi connectivity index (χ1n) is 6.25. The van der Waals surface area contributed by atoms with Crippen LogP contribution in [0.2, 0.25) is 0 Å². The van der Waals surface area contributed by atoms with Gasteiger partial charge in [0.25, 0.3) is 0 Å². The Balaban J connectivity index is 1.86. The quantitative estimate of drug-likeness (QED) is 0.754. The fourth-order valence-electron chi connectivity index (χ4n) is 3.06.